The number of aromatic nitrogens is 1. The van der Waals surface area contributed by atoms with Gasteiger partial charge in [0.2, 0.25) is 10.0 Å². The number of amides is 1. The lowest BCUT2D eigenvalue weighted by Gasteiger charge is -2.29. The minimum Gasteiger partial charge on any atom is -0.384 e. The molecule has 1 aromatic carbocycles. The second-order valence-electron chi connectivity index (χ2n) is 5.71. The maximum absolute atomic E-state index is 12.4. The van der Waals surface area contributed by atoms with Crippen LogP contribution in [-0.2, 0) is 16.4 Å². The summed E-state index contributed by atoms with van der Waals surface area (Å²) < 4.78 is 25.1. The molecule has 1 aliphatic heterocycles. The number of fused-ring (bicyclic) bond motifs is 1. The average molecular weight is 346 g/mol. The molecule has 126 valence electrons. The van der Waals surface area contributed by atoms with Crippen molar-refractivity contribution in [2.75, 3.05) is 28.2 Å². The normalized spacial score (nSPS) is 14.1. The maximum Gasteiger partial charge on any atom is 0.255 e. The number of hydrogen-bond acceptors (Lipinski definition) is 5. The van der Waals surface area contributed by atoms with Gasteiger partial charge in [0.05, 0.1) is 23.8 Å². The molecular formula is C16H18N4O3S. The van der Waals surface area contributed by atoms with E-state index >= 15 is 0 Å². The fourth-order valence-electron chi connectivity index (χ4n) is 2.73. The van der Waals surface area contributed by atoms with E-state index in [1.165, 1.54) is 16.8 Å². The molecule has 0 unspecified atom stereocenters. The highest BCUT2D eigenvalue weighted by Gasteiger charge is 2.24. The first kappa shape index (κ1) is 16.3. The van der Waals surface area contributed by atoms with Crippen LogP contribution in [0.4, 0.5) is 17.2 Å². The molecule has 2 aromatic rings. The molecule has 1 aliphatic rings. The maximum atomic E-state index is 12.4. The number of nitrogens with two attached hydrogens (primary N) is 1. The van der Waals surface area contributed by atoms with Crippen LogP contribution in [0, 0.1) is 0 Å². The Balaban J connectivity index is 1.85. The van der Waals surface area contributed by atoms with Gasteiger partial charge < -0.3 is 11.1 Å². The molecule has 3 rings (SSSR count). The van der Waals surface area contributed by atoms with Crippen molar-refractivity contribution in [3.05, 3.63) is 47.7 Å². The van der Waals surface area contributed by atoms with E-state index in [-0.39, 0.29) is 5.91 Å². The van der Waals surface area contributed by atoms with Crippen molar-refractivity contribution in [2.24, 2.45) is 0 Å². The SMILES string of the molecule is CS(=O)(=O)N1CCCc2cc(C(=O)Nc3ccc(N)nc3)ccc21. The molecule has 24 heavy (non-hydrogen) atoms. The number of carbonyl (C=O) groups excluding carboxylic acids is 1. The predicted molar refractivity (Wildman–Crippen MR) is 93.6 cm³/mol. The van der Waals surface area contributed by atoms with Gasteiger partial charge in [-0.3, -0.25) is 9.10 Å². The van der Waals surface area contributed by atoms with Gasteiger partial charge in [0, 0.05) is 12.1 Å². The van der Waals surface area contributed by atoms with Crippen LogP contribution in [0.15, 0.2) is 36.5 Å². The summed E-state index contributed by atoms with van der Waals surface area (Å²) in [7, 11) is -3.31. The summed E-state index contributed by atoms with van der Waals surface area (Å²) >= 11 is 0. The number of hydrogen-bond donors (Lipinski definition) is 2. The molecule has 0 atom stereocenters. The number of nitrogens with one attached hydrogen (secondary N) is 1. The molecule has 1 amide bonds. The lowest BCUT2D eigenvalue weighted by Crippen LogP contribution is -2.34. The van der Waals surface area contributed by atoms with Crippen molar-refractivity contribution in [1.82, 2.24) is 4.98 Å². The van der Waals surface area contributed by atoms with Gasteiger partial charge in [0.1, 0.15) is 5.82 Å². The smallest absolute Gasteiger partial charge is 0.255 e. The molecule has 0 saturated heterocycles. The lowest BCUT2D eigenvalue weighted by atomic mass is 10.0. The molecule has 0 fully saturated rings. The van der Waals surface area contributed by atoms with Crippen molar-refractivity contribution >= 4 is 33.1 Å². The van der Waals surface area contributed by atoms with E-state index in [1.807, 2.05) is 0 Å². The summed E-state index contributed by atoms with van der Waals surface area (Å²) in [6.45, 7) is 0.467. The second kappa shape index (κ2) is 6.12. The van der Waals surface area contributed by atoms with Crippen molar-refractivity contribution in [1.29, 1.82) is 0 Å². The largest absolute Gasteiger partial charge is 0.384 e. The van der Waals surface area contributed by atoms with Gasteiger partial charge in [-0.1, -0.05) is 0 Å². The number of nitrogen functional groups attached to an aromatic ring is 1. The quantitative estimate of drug-likeness (QED) is 0.879. The third-order valence-electron chi connectivity index (χ3n) is 3.86. The van der Waals surface area contributed by atoms with Gasteiger partial charge in [0.25, 0.3) is 5.91 Å². The Morgan fingerprint density at radius 3 is 2.75 bits per heavy atom. The van der Waals surface area contributed by atoms with Crippen LogP contribution >= 0.6 is 0 Å². The molecule has 0 spiro atoms. The number of aryl methyl sites for hydroxylation is 1. The zero-order chi connectivity index (χ0) is 17.3. The number of benzene rings is 1. The monoisotopic (exact) mass is 346 g/mol. The molecule has 0 bridgehead atoms. The van der Waals surface area contributed by atoms with Crippen LogP contribution in [0.1, 0.15) is 22.3 Å². The molecule has 3 N–H and O–H groups in total. The summed E-state index contributed by atoms with van der Waals surface area (Å²) in [4.78, 5) is 16.3. The van der Waals surface area contributed by atoms with E-state index in [9.17, 15) is 13.2 Å². The van der Waals surface area contributed by atoms with Crippen molar-refractivity contribution in [3.8, 4) is 0 Å². The van der Waals surface area contributed by atoms with E-state index in [0.29, 0.717) is 29.3 Å². The standard InChI is InChI=1S/C16H18N4O3S/c1-24(22,23)20-8-2-3-11-9-12(4-6-14(11)20)16(21)19-13-5-7-15(17)18-10-13/h4-7,9-10H,2-3,8H2,1H3,(H2,17,18)(H,19,21). The highest BCUT2D eigenvalue weighted by molar-refractivity contribution is 7.92. The summed E-state index contributed by atoms with van der Waals surface area (Å²) in [6, 6.07) is 8.33. The van der Waals surface area contributed by atoms with Gasteiger partial charge in [-0.2, -0.15) is 0 Å². The van der Waals surface area contributed by atoms with Crippen molar-refractivity contribution in [3.63, 3.8) is 0 Å². The number of rotatable bonds is 3. The zero-order valence-electron chi connectivity index (χ0n) is 13.2. The molecule has 7 nitrogen and oxygen atoms in total. The molecule has 2 heterocycles. The first-order valence-electron chi connectivity index (χ1n) is 7.48. The second-order valence-corrected chi connectivity index (χ2v) is 7.61. The van der Waals surface area contributed by atoms with Crippen LogP contribution in [0.25, 0.3) is 0 Å². The van der Waals surface area contributed by atoms with Gasteiger partial charge in [-0.05, 0) is 48.7 Å². The van der Waals surface area contributed by atoms with Crippen LogP contribution in [0.2, 0.25) is 0 Å². The number of nitrogens with zero attached hydrogens (tertiary/aromatic N) is 2. The summed E-state index contributed by atoms with van der Waals surface area (Å²) in [5.74, 6) is 0.100. The summed E-state index contributed by atoms with van der Waals surface area (Å²) in [6.07, 6.45) is 4.15. The van der Waals surface area contributed by atoms with Crippen molar-refractivity contribution in [2.45, 2.75) is 12.8 Å². The number of anilines is 3. The first-order valence-corrected chi connectivity index (χ1v) is 9.33. The molecular weight excluding hydrogens is 328 g/mol. The van der Waals surface area contributed by atoms with Crippen LogP contribution in [-0.4, -0.2) is 32.1 Å². The van der Waals surface area contributed by atoms with E-state index in [1.54, 1.807) is 30.3 Å². The van der Waals surface area contributed by atoms with Gasteiger partial charge >= 0.3 is 0 Å². The lowest BCUT2D eigenvalue weighted by molar-refractivity contribution is 0.102. The van der Waals surface area contributed by atoms with E-state index in [0.717, 1.165) is 18.4 Å². The van der Waals surface area contributed by atoms with E-state index in [4.69, 9.17) is 5.73 Å². The highest BCUT2D eigenvalue weighted by atomic mass is 32.2. The number of sulfonamides is 1. The van der Waals surface area contributed by atoms with Crippen LogP contribution in [0.5, 0.6) is 0 Å². The molecule has 0 radical (unpaired) electrons. The molecule has 0 saturated carbocycles. The Bertz CT molecular complexity index is 879. The van der Waals surface area contributed by atoms with E-state index in [2.05, 4.69) is 10.3 Å². The van der Waals surface area contributed by atoms with Crippen molar-refractivity contribution < 1.29 is 13.2 Å². The summed E-state index contributed by atoms with van der Waals surface area (Å²) in [5.41, 5.74) is 8.04. The molecule has 8 heteroatoms. The fourth-order valence-corrected chi connectivity index (χ4v) is 3.73. The number of carbonyl (C=O) groups is 1. The predicted octanol–water partition coefficient (Wildman–Crippen LogP) is 1.63. The van der Waals surface area contributed by atoms with E-state index < -0.39 is 10.0 Å². The third-order valence-corrected chi connectivity index (χ3v) is 5.04. The average Bonchev–Trinajstić information content (AvgIpc) is 2.55. The minimum absolute atomic E-state index is 0.277. The van der Waals surface area contributed by atoms with Gasteiger partial charge in [-0.25, -0.2) is 13.4 Å². The van der Waals surface area contributed by atoms with Gasteiger partial charge in [0.15, 0.2) is 0 Å². The summed E-state index contributed by atoms with van der Waals surface area (Å²) in [5, 5.41) is 2.74. The topological polar surface area (TPSA) is 105 Å². The molecule has 1 aromatic heterocycles. The highest BCUT2D eigenvalue weighted by Crippen LogP contribution is 2.30. The Hall–Kier alpha value is -2.61. The Morgan fingerprint density at radius 2 is 2.08 bits per heavy atom. The fraction of sp³-hybridized carbons (Fsp3) is 0.250. The Kier molecular flexibility index (Phi) is 4.15. The molecule has 0 aliphatic carbocycles. The first-order chi connectivity index (χ1) is 11.3. The number of pyridine rings is 1. The van der Waals surface area contributed by atoms with Gasteiger partial charge in [-0.15, -0.1) is 0 Å². The zero-order valence-corrected chi connectivity index (χ0v) is 14.0. The third kappa shape index (κ3) is 3.33. The minimum atomic E-state index is -3.31. The van der Waals surface area contributed by atoms with Crippen LogP contribution < -0.4 is 15.4 Å². The van der Waals surface area contributed by atoms with Crippen LogP contribution in [0.3, 0.4) is 0 Å². The Morgan fingerprint density at radius 1 is 1.29 bits per heavy atom. The Labute approximate surface area is 140 Å².